The molecule has 4 nitrogen and oxygen atoms in total. The van der Waals surface area contributed by atoms with Crippen molar-refractivity contribution >= 4 is 11.9 Å². The molecule has 4 heteroatoms. The molecule has 0 aromatic rings. The number of carbonyl (C=O) groups excluding carboxylic acids is 2. The van der Waals surface area contributed by atoms with Gasteiger partial charge in [0, 0.05) is 12.2 Å². The fourth-order valence-corrected chi connectivity index (χ4v) is 1.71. The largest absolute Gasteiger partial charge is 0.460 e. The van der Waals surface area contributed by atoms with Crippen LogP contribution in [0.3, 0.4) is 0 Å². The zero-order valence-corrected chi connectivity index (χ0v) is 13.2. The number of unbranched alkanes of at least 4 members (excludes halogenated alkanes) is 2. The number of ether oxygens (including phenoxy) is 2. The highest BCUT2D eigenvalue weighted by Crippen LogP contribution is 2.06. The van der Waals surface area contributed by atoms with Crippen LogP contribution in [0.25, 0.3) is 0 Å². The van der Waals surface area contributed by atoms with E-state index in [1.165, 1.54) is 0 Å². The minimum Gasteiger partial charge on any atom is -0.460 e. The summed E-state index contributed by atoms with van der Waals surface area (Å²) in [6, 6.07) is 0. The fraction of sp³-hybridized carbons (Fsp3) is 0.750. The molecule has 0 spiro atoms. The lowest BCUT2D eigenvalue weighted by molar-refractivity contribution is -0.145. The molecule has 20 heavy (non-hydrogen) atoms. The maximum Gasteiger partial charge on any atom is 0.331 e. The number of hydrogen-bond donors (Lipinski definition) is 0. The van der Waals surface area contributed by atoms with Crippen molar-refractivity contribution < 1.29 is 19.1 Å². The first-order valence-corrected chi connectivity index (χ1v) is 7.58. The normalized spacial score (nSPS) is 14.0. The molecular weight excluding hydrogens is 256 g/mol. The molecule has 0 rings (SSSR count). The smallest absolute Gasteiger partial charge is 0.331 e. The lowest BCUT2D eigenvalue weighted by atomic mass is 10.2. The molecule has 0 radical (unpaired) electrons. The molecule has 0 aromatic carbocycles. The number of carbonyl (C=O) groups is 2. The van der Waals surface area contributed by atoms with Gasteiger partial charge in [-0.05, 0) is 26.7 Å². The van der Waals surface area contributed by atoms with Crippen molar-refractivity contribution in [1.82, 2.24) is 0 Å². The van der Waals surface area contributed by atoms with Gasteiger partial charge in [0.15, 0.2) is 0 Å². The first kappa shape index (κ1) is 18.7. The van der Waals surface area contributed by atoms with E-state index in [2.05, 4.69) is 13.8 Å². The number of hydrogen-bond acceptors (Lipinski definition) is 4. The van der Waals surface area contributed by atoms with Crippen LogP contribution in [-0.4, -0.2) is 24.1 Å². The van der Waals surface area contributed by atoms with Gasteiger partial charge in [0.2, 0.25) is 0 Å². The monoisotopic (exact) mass is 284 g/mol. The predicted molar refractivity (Wildman–Crippen MR) is 79.3 cm³/mol. The Morgan fingerprint density at radius 3 is 1.50 bits per heavy atom. The summed E-state index contributed by atoms with van der Waals surface area (Å²) in [5.74, 6) is -0.987. The summed E-state index contributed by atoms with van der Waals surface area (Å²) in [4.78, 5) is 22.9. The lowest BCUT2D eigenvalue weighted by Gasteiger charge is -2.11. The molecule has 2 atom stereocenters. The van der Waals surface area contributed by atoms with Gasteiger partial charge in [-0.2, -0.15) is 0 Å². The topological polar surface area (TPSA) is 52.6 Å². The van der Waals surface area contributed by atoms with Crippen LogP contribution >= 0.6 is 0 Å². The highest BCUT2D eigenvalue weighted by atomic mass is 16.5. The van der Waals surface area contributed by atoms with Crippen LogP contribution in [0.1, 0.15) is 66.2 Å². The Hall–Kier alpha value is -1.32. The molecule has 0 heterocycles. The Labute approximate surface area is 122 Å². The van der Waals surface area contributed by atoms with Gasteiger partial charge in [-0.15, -0.1) is 0 Å². The maximum atomic E-state index is 11.5. The fourth-order valence-electron chi connectivity index (χ4n) is 1.71. The van der Waals surface area contributed by atoms with Gasteiger partial charge in [-0.3, -0.25) is 0 Å². The van der Waals surface area contributed by atoms with Crippen LogP contribution in [-0.2, 0) is 19.1 Å². The molecule has 116 valence electrons. The van der Waals surface area contributed by atoms with Crippen LogP contribution in [0.2, 0.25) is 0 Å². The van der Waals surface area contributed by atoms with Crippen LogP contribution in [0.4, 0.5) is 0 Å². The molecule has 0 aliphatic carbocycles. The maximum absolute atomic E-state index is 11.5. The Morgan fingerprint density at radius 2 is 1.20 bits per heavy atom. The van der Waals surface area contributed by atoms with Gasteiger partial charge in [-0.1, -0.05) is 39.5 Å². The van der Waals surface area contributed by atoms with Gasteiger partial charge < -0.3 is 9.47 Å². The number of esters is 2. The van der Waals surface area contributed by atoms with E-state index in [0.29, 0.717) is 0 Å². The van der Waals surface area contributed by atoms with Gasteiger partial charge in [0.1, 0.15) is 0 Å². The third kappa shape index (κ3) is 10.6. The predicted octanol–water partition coefficient (Wildman–Crippen LogP) is 3.79. The second kappa shape index (κ2) is 11.5. The van der Waals surface area contributed by atoms with E-state index in [1.54, 1.807) is 0 Å². The third-order valence-electron chi connectivity index (χ3n) is 2.92. The second-order valence-electron chi connectivity index (χ2n) is 5.11. The van der Waals surface area contributed by atoms with Crippen LogP contribution < -0.4 is 0 Å². The van der Waals surface area contributed by atoms with Crippen LogP contribution in [0.5, 0.6) is 0 Å². The zero-order valence-electron chi connectivity index (χ0n) is 13.2. The van der Waals surface area contributed by atoms with Crippen LogP contribution in [0, 0.1) is 0 Å². The Kier molecular flexibility index (Phi) is 10.7. The van der Waals surface area contributed by atoms with Crippen molar-refractivity contribution in [3.8, 4) is 0 Å². The van der Waals surface area contributed by atoms with E-state index in [0.717, 1.165) is 50.7 Å². The van der Waals surface area contributed by atoms with Gasteiger partial charge in [-0.25, -0.2) is 9.59 Å². The Morgan fingerprint density at radius 1 is 0.850 bits per heavy atom. The van der Waals surface area contributed by atoms with E-state index in [9.17, 15) is 9.59 Å². The highest BCUT2D eigenvalue weighted by molar-refractivity contribution is 5.91. The Bertz CT molecular complexity index is 280. The van der Waals surface area contributed by atoms with Crippen LogP contribution in [0.15, 0.2) is 12.2 Å². The Balaban J connectivity index is 3.96. The summed E-state index contributed by atoms with van der Waals surface area (Å²) in [6.07, 6.45) is 7.90. The van der Waals surface area contributed by atoms with Crippen molar-refractivity contribution in [2.45, 2.75) is 78.4 Å². The summed E-state index contributed by atoms with van der Waals surface area (Å²) in [7, 11) is 0. The molecule has 0 fully saturated rings. The minimum absolute atomic E-state index is 0.119. The first-order chi connectivity index (χ1) is 9.49. The van der Waals surface area contributed by atoms with E-state index in [4.69, 9.17) is 9.47 Å². The van der Waals surface area contributed by atoms with Crippen molar-refractivity contribution in [3.63, 3.8) is 0 Å². The van der Waals surface area contributed by atoms with E-state index < -0.39 is 11.9 Å². The molecule has 0 saturated heterocycles. The van der Waals surface area contributed by atoms with Gasteiger partial charge in [0.05, 0.1) is 12.2 Å². The van der Waals surface area contributed by atoms with E-state index in [-0.39, 0.29) is 12.2 Å². The van der Waals surface area contributed by atoms with Gasteiger partial charge in [0.25, 0.3) is 0 Å². The summed E-state index contributed by atoms with van der Waals surface area (Å²) >= 11 is 0. The second-order valence-corrected chi connectivity index (χ2v) is 5.11. The van der Waals surface area contributed by atoms with E-state index >= 15 is 0 Å². The summed E-state index contributed by atoms with van der Waals surface area (Å²) in [5, 5.41) is 0. The quantitative estimate of drug-likeness (QED) is 0.452. The SMILES string of the molecule is CCCCC(C)OC(=O)C=CC(=O)OC(C)CCCC. The minimum atomic E-state index is -0.494. The summed E-state index contributed by atoms with van der Waals surface area (Å²) in [6.45, 7) is 7.88. The van der Waals surface area contributed by atoms with Crippen molar-refractivity contribution in [2.75, 3.05) is 0 Å². The molecule has 0 amide bonds. The summed E-state index contributed by atoms with van der Waals surface area (Å²) < 4.78 is 10.3. The standard InChI is InChI=1S/C16H28O4/c1-5-7-9-13(3)19-15(17)11-12-16(18)20-14(4)10-8-6-2/h11-14H,5-10H2,1-4H3. The van der Waals surface area contributed by atoms with Crippen molar-refractivity contribution in [3.05, 3.63) is 12.2 Å². The highest BCUT2D eigenvalue weighted by Gasteiger charge is 2.09. The molecule has 0 aliphatic rings. The van der Waals surface area contributed by atoms with Gasteiger partial charge >= 0.3 is 11.9 Å². The first-order valence-electron chi connectivity index (χ1n) is 7.58. The molecule has 0 bridgehead atoms. The molecule has 0 saturated carbocycles. The molecule has 2 unspecified atom stereocenters. The summed E-state index contributed by atoms with van der Waals surface area (Å²) in [5.41, 5.74) is 0. The number of rotatable bonds is 10. The molecule has 0 N–H and O–H groups in total. The lowest BCUT2D eigenvalue weighted by Crippen LogP contribution is -2.15. The third-order valence-corrected chi connectivity index (χ3v) is 2.92. The zero-order chi connectivity index (χ0) is 15.4. The van der Waals surface area contributed by atoms with E-state index in [1.807, 2.05) is 13.8 Å². The molecule has 0 aliphatic heterocycles. The van der Waals surface area contributed by atoms with Crippen molar-refractivity contribution in [1.29, 1.82) is 0 Å². The molecule has 0 aromatic heterocycles. The average molecular weight is 284 g/mol. The average Bonchev–Trinajstić information content (AvgIpc) is 2.40. The van der Waals surface area contributed by atoms with Crippen molar-refractivity contribution in [2.24, 2.45) is 0 Å². The molecular formula is C16H28O4.